The second-order valence-electron chi connectivity index (χ2n) is 6.62. The van der Waals surface area contributed by atoms with Gasteiger partial charge in [0.15, 0.2) is 0 Å². The number of amides is 1. The van der Waals surface area contributed by atoms with Crippen LogP contribution < -0.4 is 10.6 Å². The quantitative estimate of drug-likeness (QED) is 0.890. The Morgan fingerprint density at radius 3 is 2.87 bits per heavy atom. The maximum absolute atomic E-state index is 12.7. The molecule has 0 bridgehead atoms. The number of nitrogens with zero attached hydrogens (tertiary/aromatic N) is 2. The maximum atomic E-state index is 12.7. The number of carbonyl (C=O) groups excluding carboxylic acids is 1. The predicted octanol–water partition coefficient (Wildman–Crippen LogP) is 2.71. The minimum Gasteiger partial charge on any atom is -0.351 e. The third-order valence-corrected chi connectivity index (χ3v) is 6.02. The van der Waals surface area contributed by atoms with Gasteiger partial charge in [0.2, 0.25) is 0 Å². The summed E-state index contributed by atoms with van der Waals surface area (Å²) in [7, 11) is 2.00. The Morgan fingerprint density at radius 2 is 2.17 bits per heavy atom. The van der Waals surface area contributed by atoms with E-state index in [9.17, 15) is 4.79 Å². The number of fused-ring (bicyclic) bond motifs is 3. The first-order valence-corrected chi connectivity index (χ1v) is 8.93. The maximum Gasteiger partial charge on any atom is 0.256 e. The molecule has 0 aliphatic carbocycles. The van der Waals surface area contributed by atoms with E-state index in [4.69, 9.17) is 0 Å². The fraction of sp³-hybridized carbons (Fsp3) is 0.471. The molecule has 1 amide bonds. The van der Waals surface area contributed by atoms with Crippen LogP contribution >= 0.6 is 11.3 Å². The zero-order chi connectivity index (χ0) is 16.1. The zero-order valence-corrected chi connectivity index (χ0v) is 14.5. The van der Waals surface area contributed by atoms with Gasteiger partial charge >= 0.3 is 0 Å². The van der Waals surface area contributed by atoms with Crippen molar-refractivity contribution in [1.29, 1.82) is 0 Å². The molecule has 0 spiro atoms. The third-order valence-electron chi connectivity index (χ3n) is 4.87. The van der Waals surface area contributed by atoms with Gasteiger partial charge in [0.1, 0.15) is 11.2 Å². The number of hydrogen-bond acceptors (Lipinski definition) is 4. The summed E-state index contributed by atoms with van der Waals surface area (Å²) >= 11 is 1.75. The Labute approximate surface area is 140 Å². The van der Waals surface area contributed by atoms with E-state index >= 15 is 0 Å². The second-order valence-corrected chi connectivity index (χ2v) is 7.72. The molecule has 1 atom stereocenters. The molecule has 0 saturated carbocycles. The molecular weight excluding hydrogens is 308 g/mol. The predicted molar refractivity (Wildman–Crippen MR) is 92.8 cm³/mol. The number of carbonyl (C=O) groups is 1. The van der Waals surface area contributed by atoms with Crippen molar-refractivity contribution in [3.63, 3.8) is 0 Å². The summed E-state index contributed by atoms with van der Waals surface area (Å²) in [5.74, 6) is 0.0560. The first-order valence-electron chi connectivity index (χ1n) is 8.12. The van der Waals surface area contributed by atoms with Crippen molar-refractivity contribution in [3.8, 4) is 0 Å². The molecule has 2 N–H and O–H groups in total. The summed E-state index contributed by atoms with van der Waals surface area (Å²) < 4.78 is 2.04. The van der Waals surface area contributed by atoms with Crippen molar-refractivity contribution in [1.82, 2.24) is 14.8 Å². The second kappa shape index (κ2) is 5.39. The molecule has 5 nitrogen and oxygen atoms in total. The van der Waals surface area contributed by atoms with Crippen molar-refractivity contribution in [3.05, 3.63) is 40.0 Å². The van der Waals surface area contributed by atoms with E-state index < -0.39 is 0 Å². The van der Waals surface area contributed by atoms with Gasteiger partial charge < -0.3 is 15.2 Å². The van der Waals surface area contributed by atoms with E-state index in [-0.39, 0.29) is 12.1 Å². The molecule has 2 aliphatic rings. The molecule has 0 unspecified atom stereocenters. The number of aryl methyl sites for hydroxylation is 1. The first kappa shape index (κ1) is 14.8. The van der Waals surface area contributed by atoms with Crippen LogP contribution in [0.1, 0.15) is 46.5 Å². The Morgan fingerprint density at radius 1 is 1.35 bits per heavy atom. The highest BCUT2D eigenvalue weighted by Gasteiger charge is 2.34. The number of rotatable bonds is 2. The highest BCUT2D eigenvalue weighted by atomic mass is 32.1. The standard InChI is InChI=1S/C17H22N4OS/c1-10(2)21-8-6-11-13(9-21)23-17-14(11)16(22)18-15(19-17)12-5-4-7-20(12)3/h4-5,7,10,15,19H,6,8-9H2,1-3H3,(H,18,22)/t15-/m1/s1. The molecule has 0 fully saturated rings. The summed E-state index contributed by atoms with van der Waals surface area (Å²) in [6.45, 7) is 6.45. The van der Waals surface area contributed by atoms with Crippen molar-refractivity contribution < 1.29 is 4.79 Å². The molecule has 4 heterocycles. The molecule has 2 aromatic heterocycles. The van der Waals surface area contributed by atoms with E-state index in [0.29, 0.717) is 6.04 Å². The molecule has 6 heteroatoms. The van der Waals surface area contributed by atoms with E-state index in [1.807, 2.05) is 29.9 Å². The Kier molecular flexibility index (Phi) is 3.46. The minimum absolute atomic E-state index is 0.0560. The number of thiophene rings is 1. The minimum atomic E-state index is -0.156. The van der Waals surface area contributed by atoms with Gasteiger partial charge in [-0.05, 0) is 38.0 Å². The molecular formula is C17H22N4OS. The van der Waals surface area contributed by atoms with Gasteiger partial charge in [-0.15, -0.1) is 11.3 Å². The molecule has 4 rings (SSSR count). The van der Waals surface area contributed by atoms with Gasteiger partial charge in [0.05, 0.1) is 11.3 Å². The van der Waals surface area contributed by atoms with Gasteiger partial charge in [0, 0.05) is 37.3 Å². The summed E-state index contributed by atoms with van der Waals surface area (Å²) in [4.78, 5) is 16.5. The lowest BCUT2D eigenvalue weighted by Gasteiger charge is -2.31. The molecule has 0 aromatic carbocycles. The summed E-state index contributed by atoms with van der Waals surface area (Å²) in [6, 6.07) is 4.58. The van der Waals surface area contributed by atoms with Crippen LogP contribution in [-0.4, -0.2) is 28.0 Å². The summed E-state index contributed by atoms with van der Waals surface area (Å²) in [6.07, 6.45) is 2.80. The molecule has 23 heavy (non-hydrogen) atoms. The Balaban J connectivity index is 1.67. The summed E-state index contributed by atoms with van der Waals surface area (Å²) in [5, 5.41) is 7.65. The van der Waals surface area contributed by atoms with Crippen LogP contribution in [0.5, 0.6) is 0 Å². The molecule has 0 saturated heterocycles. The Bertz CT molecular complexity index is 761. The SMILES string of the molecule is CC(C)N1CCc2c(sc3c2C(=O)N[C@@H](c2cccn2C)N3)C1. The number of anilines is 1. The van der Waals surface area contributed by atoms with Crippen LogP contribution in [-0.2, 0) is 20.0 Å². The fourth-order valence-corrected chi connectivity index (χ4v) is 4.80. The van der Waals surface area contributed by atoms with Gasteiger partial charge in [-0.1, -0.05) is 0 Å². The number of aromatic nitrogens is 1. The number of nitrogens with one attached hydrogen (secondary N) is 2. The van der Waals surface area contributed by atoms with Gasteiger partial charge in [0.25, 0.3) is 5.91 Å². The van der Waals surface area contributed by atoms with E-state index in [1.165, 1.54) is 10.4 Å². The lowest BCUT2D eigenvalue weighted by Crippen LogP contribution is -2.40. The van der Waals surface area contributed by atoms with Gasteiger partial charge in [-0.3, -0.25) is 9.69 Å². The molecule has 2 aromatic rings. The van der Waals surface area contributed by atoms with Crippen LogP contribution in [0, 0.1) is 0 Å². The normalized spacial score (nSPS) is 20.9. The molecule has 122 valence electrons. The van der Waals surface area contributed by atoms with Crippen LogP contribution in [0.15, 0.2) is 18.3 Å². The van der Waals surface area contributed by atoms with E-state index in [1.54, 1.807) is 11.3 Å². The zero-order valence-electron chi connectivity index (χ0n) is 13.7. The molecule has 0 radical (unpaired) electrons. The fourth-order valence-electron chi connectivity index (χ4n) is 3.50. The van der Waals surface area contributed by atoms with Crippen LogP contribution in [0.2, 0.25) is 0 Å². The topological polar surface area (TPSA) is 49.3 Å². The highest BCUT2D eigenvalue weighted by molar-refractivity contribution is 7.16. The van der Waals surface area contributed by atoms with Crippen molar-refractivity contribution >= 4 is 22.2 Å². The van der Waals surface area contributed by atoms with Gasteiger partial charge in [-0.25, -0.2) is 0 Å². The van der Waals surface area contributed by atoms with Crippen LogP contribution in [0.3, 0.4) is 0 Å². The lowest BCUT2D eigenvalue weighted by molar-refractivity contribution is 0.0933. The van der Waals surface area contributed by atoms with Crippen LogP contribution in [0.25, 0.3) is 0 Å². The average Bonchev–Trinajstić information content (AvgIpc) is 3.09. The van der Waals surface area contributed by atoms with Crippen molar-refractivity contribution in [2.24, 2.45) is 7.05 Å². The highest BCUT2D eigenvalue weighted by Crippen LogP contribution is 2.40. The van der Waals surface area contributed by atoms with Crippen molar-refractivity contribution in [2.75, 3.05) is 11.9 Å². The van der Waals surface area contributed by atoms with Crippen molar-refractivity contribution in [2.45, 2.75) is 39.0 Å². The number of hydrogen-bond donors (Lipinski definition) is 2. The van der Waals surface area contributed by atoms with Crippen LogP contribution in [0.4, 0.5) is 5.00 Å². The largest absolute Gasteiger partial charge is 0.351 e. The Hall–Kier alpha value is -1.79. The summed E-state index contributed by atoms with van der Waals surface area (Å²) in [5.41, 5.74) is 3.19. The average molecular weight is 330 g/mol. The smallest absolute Gasteiger partial charge is 0.256 e. The molecule has 2 aliphatic heterocycles. The van der Waals surface area contributed by atoms with E-state index in [0.717, 1.165) is 35.8 Å². The third kappa shape index (κ3) is 2.37. The van der Waals surface area contributed by atoms with Gasteiger partial charge in [-0.2, -0.15) is 0 Å². The first-order chi connectivity index (χ1) is 11.0. The lowest BCUT2D eigenvalue weighted by atomic mass is 10.00. The van der Waals surface area contributed by atoms with E-state index in [2.05, 4.69) is 29.4 Å². The monoisotopic (exact) mass is 330 g/mol.